The fraction of sp³-hybridized carbons (Fsp3) is 0.350. The number of carbonyl (C=O) groups excluding carboxylic acids is 1. The van der Waals surface area contributed by atoms with Crippen LogP contribution in [0.4, 0.5) is 0 Å². The van der Waals surface area contributed by atoms with Gasteiger partial charge < -0.3 is 5.11 Å². The molecule has 1 N–H and O–H groups in total. The summed E-state index contributed by atoms with van der Waals surface area (Å²) < 4.78 is 0. The zero-order valence-corrected chi connectivity index (χ0v) is 14.4. The minimum Gasteiger partial charge on any atom is -0.393 e. The molecule has 4 nitrogen and oxygen atoms in total. The van der Waals surface area contributed by atoms with Crippen molar-refractivity contribution in [2.24, 2.45) is 0 Å². The molecule has 0 aliphatic rings. The maximum Gasteiger partial charge on any atom is 0.253 e. The molecule has 0 bridgehead atoms. The summed E-state index contributed by atoms with van der Waals surface area (Å²) >= 11 is 0. The van der Waals surface area contributed by atoms with Gasteiger partial charge in [-0.1, -0.05) is 60.7 Å². The van der Waals surface area contributed by atoms with E-state index in [2.05, 4.69) is 0 Å². The second-order valence-electron chi connectivity index (χ2n) is 6.01. The lowest BCUT2D eigenvalue weighted by molar-refractivity contribution is -0.171. The molecule has 4 heteroatoms. The zero-order chi connectivity index (χ0) is 17.5. The van der Waals surface area contributed by atoms with Gasteiger partial charge in [-0.2, -0.15) is 0 Å². The molecule has 24 heavy (non-hydrogen) atoms. The van der Waals surface area contributed by atoms with Crippen LogP contribution in [-0.4, -0.2) is 36.3 Å². The largest absolute Gasteiger partial charge is 0.393 e. The van der Waals surface area contributed by atoms with Gasteiger partial charge in [-0.3, -0.25) is 9.63 Å². The Morgan fingerprint density at radius 3 is 2.00 bits per heavy atom. The lowest BCUT2D eigenvalue weighted by Crippen LogP contribution is -2.34. The van der Waals surface area contributed by atoms with E-state index in [1.165, 1.54) is 12.2 Å². The molecule has 3 atom stereocenters. The molecule has 0 spiro atoms. The number of likely N-dealkylation sites (N-methyl/N-ethyl adjacent to an activating group) is 1. The predicted molar refractivity (Wildman–Crippen MR) is 94.4 cm³/mol. The van der Waals surface area contributed by atoms with Crippen molar-refractivity contribution in [1.82, 2.24) is 5.06 Å². The molecule has 2 aromatic rings. The van der Waals surface area contributed by atoms with Crippen molar-refractivity contribution in [3.8, 4) is 0 Å². The second kappa shape index (κ2) is 8.62. The fourth-order valence-corrected chi connectivity index (χ4v) is 3.03. The second-order valence-corrected chi connectivity index (χ2v) is 6.01. The molecule has 0 aliphatic heterocycles. The molecular formula is C20H25NO3. The first-order valence-electron chi connectivity index (χ1n) is 8.14. The molecule has 2 rings (SSSR count). The van der Waals surface area contributed by atoms with Gasteiger partial charge in [0, 0.05) is 13.0 Å². The minimum atomic E-state index is -0.512. The number of rotatable bonds is 7. The van der Waals surface area contributed by atoms with E-state index in [1.54, 1.807) is 14.0 Å². The Bertz CT molecular complexity index is 628. The van der Waals surface area contributed by atoms with Gasteiger partial charge in [0.1, 0.15) is 0 Å². The summed E-state index contributed by atoms with van der Waals surface area (Å²) in [5, 5.41) is 11.3. The molecule has 0 saturated heterocycles. The van der Waals surface area contributed by atoms with Crippen molar-refractivity contribution < 1.29 is 14.7 Å². The normalized spacial score (nSPS) is 14.7. The number of hydrogen-bond acceptors (Lipinski definition) is 3. The lowest BCUT2D eigenvalue weighted by atomic mass is 9.78. The van der Waals surface area contributed by atoms with Crippen LogP contribution in [0.3, 0.4) is 0 Å². The van der Waals surface area contributed by atoms with Gasteiger partial charge in [-0.25, -0.2) is 5.06 Å². The number of aliphatic hydroxyl groups excluding tert-OH is 1. The Kier molecular flexibility index (Phi) is 6.53. The van der Waals surface area contributed by atoms with Crippen molar-refractivity contribution in [1.29, 1.82) is 0 Å². The van der Waals surface area contributed by atoms with E-state index in [4.69, 9.17) is 4.84 Å². The highest BCUT2D eigenvalue weighted by molar-refractivity contribution is 5.84. The Morgan fingerprint density at radius 2 is 1.54 bits per heavy atom. The fourth-order valence-electron chi connectivity index (χ4n) is 3.03. The summed E-state index contributed by atoms with van der Waals surface area (Å²) in [5.74, 6) is -0.690. The molecule has 0 heterocycles. The van der Waals surface area contributed by atoms with E-state index in [0.29, 0.717) is 6.42 Å². The molecule has 128 valence electrons. The van der Waals surface area contributed by atoms with E-state index in [9.17, 15) is 9.90 Å². The zero-order valence-electron chi connectivity index (χ0n) is 14.4. The molecular weight excluding hydrogens is 302 g/mol. The summed E-state index contributed by atoms with van der Waals surface area (Å²) in [6.07, 6.45) is -0.0190. The highest BCUT2D eigenvalue weighted by atomic mass is 16.7. The van der Waals surface area contributed by atoms with Gasteiger partial charge in [-0.05, 0) is 24.5 Å². The molecule has 0 saturated carbocycles. The average molecular weight is 327 g/mol. The van der Waals surface area contributed by atoms with Crippen molar-refractivity contribution in [2.45, 2.75) is 31.3 Å². The van der Waals surface area contributed by atoms with Crippen LogP contribution < -0.4 is 0 Å². The van der Waals surface area contributed by atoms with E-state index in [1.807, 2.05) is 60.7 Å². The summed E-state index contributed by atoms with van der Waals surface area (Å²) in [4.78, 5) is 18.1. The van der Waals surface area contributed by atoms with Crippen molar-refractivity contribution in [3.63, 3.8) is 0 Å². The number of carbonyl (C=O) groups is 1. The number of hydroxylamine groups is 2. The highest BCUT2D eigenvalue weighted by Gasteiger charge is 2.34. The Labute approximate surface area is 143 Å². The van der Waals surface area contributed by atoms with Crippen LogP contribution in [0.25, 0.3) is 0 Å². The van der Waals surface area contributed by atoms with Crippen molar-refractivity contribution >= 4 is 5.91 Å². The van der Waals surface area contributed by atoms with Crippen LogP contribution in [0.2, 0.25) is 0 Å². The van der Waals surface area contributed by atoms with Crippen LogP contribution >= 0.6 is 0 Å². The number of nitrogens with zero attached hydrogens (tertiary/aromatic N) is 1. The van der Waals surface area contributed by atoms with E-state index in [0.717, 1.165) is 11.1 Å². The van der Waals surface area contributed by atoms with E-state index < -0.39 is 12.0 Å². The quantitative estimate of drug-likeness (QED) is 0.794. The number of aliphatic hydroxyl groups is 1. The Hall–Kier alpha value is -2.17. The maximum atomic E-state index is 13.0. The van der Waals surface area contributed by atoms with Gasteiger partial charge in [-0.15, -0.1) is 0 Å². The van der Waals surface area contributed by atoms with Crippen LogP contribution in [0, 0.1) is 0 Å². The average Bonchev–Trinajstić information content (AvgIpc) is 2.61. The summed E-state index contributed by atoms with van der Waals surface area (Å²) in [6.45, 7) is 1.75. The van der Waals surface area contributed by atoms with Gasteiger partial charge in [0.05, 0.1) is 19.1 Å². The van der Waals surface area contributed by atoms with E-state index in [-0.39, 0.29) is 11.8 Å². The summed E-state index contributed by atoms with van der Waals surface area (Å²) in [7, 11) is 3.09. The standard InChI is InChI=1S/C20H25NO3/c1-15(22)14-18(16-10-6-4-7-11-16)19(20(23)21(2)24-3)17-12-8-5-9-13-17/h4-13,15,18-19,22H,14H2,1-3H3. The highest BCUT2D eigenvalue weighted by Crippen LogP contribution is 2.37. The third kappa shape index (κ3) is 4.43. The number of amides is 1. The Balaban J connectivity index is 2.50. The van der Waals surface area contributed by atoms with Crippen molar-refractivity contribution in [2.75, 3.05) is 14.2 Å². The number of hydrogen-bond donors (Lipinski definition) is 1. The molecule has 0 aliphatic carbocycles. The minimum absolute atomic E-state index is 0.127. The monoisotopic (exact) mass is 327 g/mol. The van der Waals surface area contributed by atoms with Crippen LogP contribution in [0.15, 0.2) is 60.7 Å². The molecule has 3 unspecified atom stereocenters. The van der Waals surface area contributed by atoms with E-state index >= 15 is 0 Å². The molecule has 0 aromatic heterocycles. The third-order valence-corrected chi connectivity index (χ3v) is 4.23. The first kappa shape index (κ1) is 18.2. The summed E-state index contributed by atoms with van der Waals surface area (Å²) in [5.41, 5.74) is 1.95. The third-order valence-electron chi connectivity index (χ3n) is 4.23. The molecule has 1 amide bonds. The van der Waals surface area contributed by atoms with Gasteiger partial charge >= 0.3 is 0 Å². The topological polar surface area (TPSA) is 49.8 Å². The van der Waals surface area contributed by atoms with Gasteiger partial charge in [0.25, 0.3) is 5.91 Å². The first-order valence-corrected chi connectivity index (χ1v) is 8.14. The maximum absolute atomic E-state index is 13.0. The Morgan fingerprint density at radius 1 is 1.04 bits per heavy atom. The van der Waals surface area contributed by atoms with Crippen LogP contribution in [-0.2, 0) is 9.63 Å². The van der Waals surface area contributed by atoms with Crippen molar-refractivity contribution in [3.05, 3.63) is 71.8 Å². The number of benzene rings is 2. The smallest absolute Gasteiger partial charge is 0.253 e. The summed E-state index contributed by atoms with van der Waals surface area (Å²) in [6, 6.07) is 19.5. The molecule has 0 fully saturated rings. The molecule has 0 radical (unpaired) electrons. The molecule has 2 aromatic carbocycles. The van der Waals surface area contributed by atoms with Crippen LogP contribution in [0.5, 0.6) is 0 Å². The van der Waals surface area contributed by atoms with Crippen LogP contribution in [0.1, 0.15) is 36.3 Å². The van der Waals surface area contributed by atoms with Gasteiger partial charge in [0.2, 0.25) is 0 Å². The predicted octanol–water partition coefficient (Wildman–Crippen LogP) is 3.34. The lowest BCUT2D eigenvalue weighted by Gasteiger charge is -2.30. The first-order chi connectivity index (χ1) is 11.5. The van der Waals surface area contributed by atoms with Gasteiger partial charge in [0.15, 0.2) is 0 Å². The SMILES string of the molecule is CON(C)C(=O)C(c1ccccc1)C(CC(C)O)c1ccccc1.